The van der Waals surface area contributed by atoms with E-state index in [4.69, 9.17) is 0 Å². The van der Waals surface area contributed by atoms with Crippen molar-refractivity contribution in [2.24, 2.45) is 0 Å². The number of hydrogen-bond acceptors (Lipinski definition) is 6. The molecule has 1 saturated carbocycles. The number of amides is 3. The summed E-state index contributed by atoms with van der Waals surface area (Å²) >= 11 is 0. The second-order valence-electron chi connectivity index (χ2n) is 11.3. The lowest BCUT2D eigenvalue weighted by Gasteiger charge is -2.51. The average molecular weight is 529 g/mol. The fourth-order valence-corrected chi connectivity index (χ4v) is 6.75. The highest BCUT2D eigenvalue weighted by Gasteiger charge is 2.65. The number of rotatable bonds is 6. The van der Waals surface area contributed by atoms with Crippen molar-refractivity contribution in [1.82, 2.24) is 34.6 Å². The van der Waals surface area contributed by atoms with Crippen LogP contribution in [0.15, 0.2) is 36.5 Å². The molecule has 2 aromatic heterocycles. The summed E-state index contributed by atoms with van der Waals surface area (Å²) in [6.45, 7) is 5.61. The molecule has 1 aromatic carbocycles. The number of carbonyl (C=O) groups is 3. The van der Waals surface area contributed by atoms with Crippen molar-refractivity contribution < 1.29 is 14.4 Å². The third-order valence-corrected chi connectivity index (χ3v) is 8.59. The Balaban J connectivity index is 1.18. The van der Waals surface area contributed by atoms with E-state index in [1.54, 1.807) is 26.6 Å². The largest absolute Gasteiger partial charge is 0.334 e. The molecule has 4 aliphatic rings. The quantitative estimate of drug-likeness (QED) is 0.486. The Kier molecular flexibility index (Phi) is 5.40. The number of para-hydroxylation sites is 1. The number of aryl methyl sites for hydroxylation is 2. The van der Waals surface area contributed by atoms with E-state index >= 15 is 0 Å². The number of anilines is 1. The van der Waals surface area contributed by atoms with Crippen molar-refractivity contribution in [2.45, 2.75) is 83.2 Å². The lowest BCUT2D eigenvalue weighted by Crippen LogP contribution is -2.71. The summed E-state index contributed by atoms with van der Waals surface area (Å²) in [5.41, 5.74) is 2.58. The normalized spacial score (nSPS) is 24.5. The zero-order chi connectivity index (χ0) is 26.9. The van der Waals surface area contributed by atoms with Crippen LogP contribution in [0.1, 0.15) is 66.0 Å². The smallest absolute Gasteiger partial charge is 0.270 e. The summed E-state index contributed by atoms with van der Waals surface area (Å²) < 4.78 is 3.71. The predicted octanol–water partition coefficient (Wildman–Crippen LogP) is 2.27. The number of aromatic nitrogens is 5. The number of likely N-dealkylation sites (tertiary alicyclic amines) is 1. The fraction of sp³-hybridized carbons (Fsp3) is 0.500. The van der Waals surface area contributed by atoms with Crippen LogP contribution in [0.4, 0.5) is 5.69 Å². The van der Waals surface area contributed by atoms with Gasteiger partial charge in [-0.3, -0.25) is 28.6 Å². The average Bonchev–Trinajstić information content (AvgIpc) is 3.20. The van der Waals surface area contributed by atoms with E-state index in [2.05, 4.69) is 15.4 Å². The lowest BCUT2D eigenvalue weighted by molar-refractivity contribution is -0.145. The van der Waals surface area contributed by atoms with Crippen molar-refractivity contribution in [3.63, 3.8) is 0 Å². The van der Waals surface area contributed by atoms with E-state index in [9.17, 15) is 14.4 Å². The fourth-order valence-electron chi connectivity index (χ4n) is 6.75. The molecule has 7 rings (SSSR count). The molecule has 11 nitrogen and oxygen atoms in total. The van der Waals surface area contributed by atoms with Gasteiger partial charge in [0, 0.05) is 31.1 Å². The summed E-state index contributed by atoms with van der Waals surface area (Å²) in [5, 5.41) is 13.2. The highest BCUT2D eigenvalue weighted by atomic mass is 16.2. The van der Waals surface area contributed by atoms with Crippen molar-refractivity contribution in [3.05, 3.63) is 59.2 Å². The molecule has 2 saturated heterocycles. The van der Waals surface area contributed by atoms with Gasteiger partial charge in [0.2, 0.25) is 11.6 Å². The van der Waals surface area contributed by atoms with Gasteiger partial charge < -0.3 is 9.80 Å². The van der Waals surface area contributed by atoms with E-state index in [1.807, 2.05) is 47.8 Å². The van der Waals surface area contributed by atoms with E-state index in [0.29, 0.717) is 37.3 Å². The molecule has 11 heteroatoms. The van der Waals surface area contributed by atoms with E-state index in [0.717, 1.165) is 42.8 Å². The van der Waals surface area contributed by atoms with Crippen LogP contribution in [0.25, 0.3) is 0 Å². The molecule has 202 valence electrons. The van der Waals surface area contributed by atoms with Gasteiger partial charge in [-0.15, -0.1) is 5.10 Å². The summed E-state index contributed by atoms with van der Waals surface area (Å²) in [5.74, 6) is -0.392. The van der Waals surface area contributed by atoms with Gasteiger partial charge >= 0.3 is 0 Å². The maximum atomic E-state index is 14.6. The van der Waals surface area contributed by atoms with Crippen LogP contribution < -0.4 is 4.90 Å². The maximum Gasteiger partial charge on any atom is 0.270 e. The zero-order valence-corrected chi connectivity index (χ0v) is 22.3. The van der Waals surface area contributed by atoms with Crippen LogP contribution in [-0.4, -0.2) is 76.6 Å². The molecular formula is C28H32N8O3. The summed E-state index contributed by atoms with van der Waals surface area (Å²) in [6.07, 6.45) is 5.88. The Morgan fingerprint density at radius 1 is 1.13 bits per heavy atom. The molecular weight excluding hydrogens is 496 g/mol. The van der Waals surface area contributed by atoms with Gasteiger partial charge in [0.25, 0.3) is 11.8 Å². The van der Waals surface area contributed by atoms with Crippen LogP contribution >= 0.6 is 0 Å². The third-order valence-electron chi connectivity index (χ3n) is 8.59. The molecule has 2 atom stereocenters. The lowest BCUT2D eigenvalue weighted by atomic mass is 9.94. The van der Waals surface area contributed by atoms with Crippen LogP contribution in [0.2, 0.25) is 0 Å². The zero-order valence-electron chi connectivity index (χ0n) is 22.3. The molecule has 3 amide bonds. The predicted molar refractivity (Wildman–Crippen MR) is 141 cm³/mol. The SMILES string of the molecule is Cc1cc(C)n(Cc2cn(CC3CCCN3C(=O)C34CCC(=O)N3c3ccccc3C(=O)N4C3CC3)nn2)n1. The summed E-state index contributed by atoms with van der Waals surface area (Å²) in [7, 11) is 0. The molecule has 3 aliphatic heterocycles. The first kappa shape index (κ1) is 24.1. The van der Waals surface area contributed by atoms with E-state index in [1.165, 1.54) is 0 Å². The van der Waals surface area contributed by atoms with E-state index in [-0.39, 0.29) is 36.2 Å². The van der Waals surface area contributed by atoms with Crippen LogP contribution in [0.3, 0.4) is 0 Å². The van der Waals surface area contributed by atoms with Gasteiger partial charge in [0.1, 0.15) is 5.69 Å². The van der Waals surface area contributed by atoms with Crippen molar-refractivity contribution in [1.29, 1.82) is 0 Å². The summed E-state index contributed by atoms with van der Waals surface area (Å²) in [6, 6.07) is 9.12. The molecule has 5 heterocycles. The van der Waals surface area contributed by atoms with Gasteiger partial charge in [0.05, 0.1) is 42.3 Å². The Hall–Kier alpha value is -4.02. The van der Waals surface area contributed by atoms with E-state index < -0.39 is 5.66 Å². The molecule has 3 fully saturated rings. The number of carbonyl (C=O) groups excluding carboxylic acids is 3. The Morgan fingerprint density at radius 3 is 2.72 bits per heavy atom. The first-order valence-electron chi connectivity index (χ1n) is 13.8. The first-order chi connectivity index (χ1) is 18.9. The molecule has 0 bridgehead atoms. The second-order valence-corrected chi connectivity index (χ2v) is 11.3. The van der Waals surface area contributed by atoms with Crippen molar-refractivity contribution in [3.8, 4) is 0 Å². The minimum absolute atomic E-state index is 0.0171. The first-order valence-corrected chi connectivity index (χ1v) is 13.8. The standard InChI is InChI=1S/C28H32N8O3/c1-18-14-19(2)34(30-18)16-20-15-32(31-29-20)17-22-6-5-13-33(22)27(39)28-12-11-25(37)36(28)24-8-4-3-7-23(24)26(38)35(28)21-9-10-21/h3-4,7-8,14-15,21-22H,5-6,9-13,16-17H2,1-2H3. The molecule has 0 spiro atoms. The summed E-state index contributed by atoms with van der Waals surface area (Å²) in [4.78, 5) is 47.0. The highest BCUT2D eigenvalue weighted by Crippen LogP contribution is 2.50. The van der Waals surface area contributed by atoms with Gasteiger partial charge in [-0.05, 0) is 57.7 Å². The second kappa shape index (κ2) is 8.75. The molecule has 39 heavy (non-hydrogen) atoms. The topological polar surface area (TPSA) is 109 Å². The monoisotopic (exact) mass is 528 g/mol. The Morgan fingerprint density at radius 2 is 1.95 bits per heavy atom. The van der Waals surface area contributed by atoms with Crippen molar-refractivity contribution in [2.75, 3.05) is 11.4 Å². The molecule has 1 aliphatic carbocycles. The number of hydrogen-bond donors (Lipinski definition) is 0. The Bertz CT molecular complexity index is 1490. The van der Waals surface area contributed by atoms with Gasteiger partial charge in [-0.25, -0.2) is 0 Å². The van der Waals surface area contributed by atoms with Crippen LogP contribution in [0, 0.1) is 13.8 Å². The van der Waals surface area contributed by atoms with Gasteiger partial charge in [-0.2, -0.15) is 5.10 Å². The number of fused-ring (bicyclic) bond motifs is 3. The van der Waals surface area contributed by atoms with Gasteiger partial charge in [-0.1, -0.05) is 17.3 Å². The minimum Gasteiger partial charge on any atom is -0.334 e. The molecule has 0 N–H and O–H groups in total. The van der Waals surface area contributed by atoms with Crippen LogP contribution in [0.5, 0.6) is 0 Å². The minimum atomic E-state index is -1.30. The van der Waals surface area contributed by atoms with Gasteiger partial charge in [0.15, 0.2) is 0 Å². The molecule has 2 unspecified atom stereocenters. The molecule has 0 radical (unpaired) electrons. The third kappa shape index (κ3) is 3.70. The maximum absolute atomic E-state index is 14.6. The number of nitrogens with zero attached hydrogens (tertiary/aromatic N) is 8. The Labute approximate surface area is 226 Å². The van der Waals surface area contributed by atoms with Crippen molar-refractivity contribution >= 4 is 23.4 Å². The highest BCUT2D eigenvalue weighted by molar-refractivity contribution is 6.16. The number of benzene rings is 1. The molecule has 3 aromatic rings. The van der Waals surface area contributed by atoms with Crippen LogP contribution in [-0.2, 0) is 22.7 Å².